The minimum absolute atomic E-state index is 0.0522. The van der Waals surface area contributed by atoms with E-state index in [9.17, 15) is 8.78 Å². The minimum Gasteiger partial charge on any atom is -0.373 e. The Morgan fingerprint density at radius 2 is 1.60 bits per heavy atom. The lowest BCUT2D eigenvalue weighted by molar-refractivity contribution is 0.595. The predicted molar refractivity (Wildman–Crippen MR) is 75.4 cm³/mol. The number of halogens is 2. The number of aromatic nitrogens is 2. The lowest BCUT2D eigenvalue weighted by Crippen LogP contribution is -2.06. The summed E-state index contributed by atoms with van der Waals surface area (Å²) in [6.07, 6.45) is 0. The van der Waals surface area contributed by atoms with Crippen LogP contribution in [0.5, 0.6) is 0 Å². The number of hydrogen-bond acceptors (Lipinski definition) is 4. The van der Waals surface area contributed by atoms with Crippen molar-refractivity contribution in [3.63, 3.8) is 0 Å². The van der Waals surface area contributed by atoms with Gasteiger partial charge >= 0.3 is 0 Å². The summed E-state index contributed by atoms with van der Waals surface area (Å²) in [5, 5.41) is 5.76. The molecule has 0 bridgehead atoms. The second kappa shape index (κ2) is 5.40. The average Bonchev–Trinajstić information content (AvgIpc) is 2.39. The van der Waals surface area contributed by atoms with Gasteiger partial charge in [0.25, 0.3) is 0 Å². The van der Waals surface area contributed by atoms with Crippen LogP contribution in [0, 0.1) is 32.4 Å². The standard InChI is InChI=1S/C14H16F2N4/c1-7-5-11(16)12(6-10(7)15)20-14-8(2)13(17-4)18-9(3)19-14/h5-6H,1-4H3,(H2,17,18,19,20). The quantitative estimate of drug-likeness (QED) is 0.902. The molecule has 0 aliphatic carbocycles. The molecule has 0 saturated carbocycles. The average molecular weight is 278 g/mol. The Morgan fingerprint density at radius 1 is 0.950 bits per heavy atom. The first-order valence-electron chi connectivity index (χ1n) is 6.18. The number of benzene rings is 1. The maximum absolute atomic E-state index is 13.8. The lowest BCUT2D eigenvalue weighted by atomic mass is 10.2. The summed E-state index contributed by atoms with van der Waals surface area (Å²) >= 11 is 0. The molecule has 0 amide bonds. The molecule has 106 valence electrons. The third-order valence-electron chi connectivity index (χ3n) is 3.00. The fraction of sp³-hybridized carbons (Fsp3) is 0.286. The zero-order valence-electron chi connectivity index (χ0n) is 11.8. The van der Waals surface area contributed by atoms with Gasteiger partial charge in [0.05, 0.1) is 5.69 Å². The van der Waals surface area contributed by atoms with E-state index in [2.05, 4.69) is 20.6 Å². The van der Waals surface area contributed by atoms with Gasteiger partial charge in [0.15, 0.2) is 0 Å². The number of hydrogen-bond donors (Lipinski definition) is 2. The molecule has 0 spiro atoms. The van der Waals surface area contributed by atoms with Gasteiger partial charge in [-0.1, -0.05) is 0 Å². The molecule has 0 radical (unpaired) electrons. The Hall–Kier alpha value is -2.24. The molecular formula is C14H16F2N4. The zero-order chi connectivity index (χ0) is 14.9. The van der Waals surface area contributed by atoms with Crippen molar-refractivity contribution in [1.29, 1.82) is 0 Å². The van der Waals surface area contributed by atoms with Crippen LogP contribution in [0.15, 0.2) is 12.1 Å². The first kappa shape index (κ1) is 14.2. The van der Waals surface area contributed by atoms with Crippen molar-refractivity contribution in [2.24, 2.45) is 0 Å². The molecule has 20 heavy (non-hydrogen) atoms. The molecule has 4 nitrogen and oxygen atoms in total. The van der Waals surface area contributed by atoms with E-state index in [4.69, 9.17) is 0 Å². The summed E-state index contributed by atoms with van der Waals surface area (Å²) in [4.78, 5) is 8.44. The first-order chi connectivity index (χ1) is 9.42. The van der Waals surface area contributed by atoms with E-state index in [0.29, 0.717) is 17.5 Å². The van der Waals surface area contributed by atoms with Gasteiger partial charge in [-0.25, -0.2) is 18.7 Å². The molecule has 0 aliphatic rings. The molecule has 6 heteroatoms. The van der Waals surface area contributed by atoms with Crippen molar-refractivity contribution in [2.75, 3.05) is 17.7 Å². The number of anilines is 3. The van der Waals surface area contributed by atoms with Gasteiger partial charge < -0.3 is 10.6 Å². The Labute approximate surface area is 116 Å². The molecule has 0 saturated heterocycles. The van der Waals surface area contributed by atoms with Gasteiger partial charge in [-0.05, 0) is 32.4 Å². The third-order valence-corrected chi connectivity index (χ3v) is 3.00. The molecule has 0 fully saturated rings. The number of aryl methyl sites for hydroxylation is 2. The van der Waals surface area contributed by atoms with Crippen LogP contribution in [0.2, 0.25) is 0 Å². The van der Waals surface area contributed by atoms with Crippen LogP contribution in [0.4, 0.5) is 26.1 Å². The Morgan fingerprint density at radius 3 is 2.25 bits per heavy atom. The van der Waals surface area contributed by atoms with Gasteiger partial charge in [0.1, 0.15) is 29.1 Å². The normalized spacial score (nSPS) is 10.5. The largest absolute Gasteiger partial charge is 0.373 e. The van der Waals surface area contributed by atoms with E-state index in [1.807, 2.05) is 0 Å². The molecular weight excluding hydrogens is 262 g/mol. The van der Waals surface area contributed by atoms with Crippen LogP contribution in [-0.2, 0) is 0 Å². The summed E-state index contributed by atoms with van der Waals surface area (Å²) in [6.45, 7) is 5.05. The van der Waals surface area contributed by atoms with E-state index in [1.165, 1.54) is 6.92 Å². The van der Waals surface area contributed by atoms with Gasteiger partial charge in [0.2, 0.25) is 0 Å². The van der Waals surface area contributed by atoms with Crippen molar-refractivity contribution in [1.82, 2.24) is 9.97 Å². The van der Waals surface area contributed by atoms with Crippen molar-refractivity contribution in [2.45, 2.75) is 20.8 Å². The maximum Gasteiger partial charge on any atom is 0.147 e. The molecule has 2 rings (SSSR count). The van der Waals surface area contributed by atoms with Crippen LogP contribution in [0.3, 0.4) is 0 Å². The highest BCUT2D eigenvalue weighted by Crippen LogP contribution is 2.26. The van der Waals surface area contributed by atoms with Gasteiger partial charge in [-0.2, -0.15) is 0 Å². The van der Waals surface area contributed by atoms with Crippen LogP contribution < -0.4 is 10.6 Å². The van der Waals surface area contributed by atoms with E-state index in [0.717, 1.165) is 17.7 Å². The number of nitrogens with one attached hydrogen (secondary N) is 2. The molecule has 1 aromatic carbocycles. The SMILES string of the molecule is CNc1nc(C)nc(Nc2cc(F)c(C)cc2F)c1C. The second-order valence-electron chi connectivity index (χ2n) is 4.55. The molecule has 0 unspecified atom stereocenters. The van der Waals surface area contributed by atoms with Gasteiger partial charge in [-0.3, -0.25) is 0 Å². The van der Waals surface area contributed by atoms with Crippen molar-refractivity contribution in [3.8, 4) is 0 Å². The van der Waals surface area contributed by atoms with E-state index >= 15 is 0 Å². The zero-order valence-corrected chi connectivity index (χ0v) is 11.8. The fourth-order valence-corrected chi connectivity index (χ4v) is 1.86. The van der Waals surface area contributed by atoms with Gasteiger partial charge in [0, 0.05) is 18.7 Å². The van der Waals surface area contributed by atoms with Crippen molar-refractivity contribution in [3.05, 3.63) is 40.7 Å². The first-order valence-corrected chi connectivity index (χ1v) is 6.18. The smallest absolute Gasteiger partial charge is 0.147 e. The highest BCUT2D eigenvalue weighted by Gasteiger charge is 2.12. The molecule has 0 aliphatic heterocycles. The highest BCUT2D eigenvalue weighted by molar-refractivity contribution is 5.65. The van der Waals surface area contributed by atoms with E-state index < -0.39 is 11.6 Å². The molecule has 2 aromatic rings. The van der Waals surface area contributed by atoms with Crippen LogP contribution in [-0.4, -0.2) is 17.0 Å². The van der Waals surface area contributed by atoms with Gasteiger partial charge in [-0.15, -0.1) is 0 Å². The summed E-state index contributed by atoms with van der Waals surface area (Å²) in [7, 11) is 1.74. The predicted octanol–water partition coefficient (Wildman–Crippen LogP) is 3.47. The minimum atomic E-state index is -0.523. The summed E-state index contributed by atoms with van der Waals surface area (Å²) in [6, 6.07) is 2.28. The topological polar surface area (TPSA) is 49.8 Å². The Bertz CT molecular complexity index is 656. The summed E-state index contributed by atoms with van der Waals surface area (Å²) < 4.78 is 27.4. The van der Waals surface area contributed by atoms with Crippen LogP contribution in [0.25, 0.3) is 0 Å². The Balaban J connectivity index is 2.45. The maximum atomic E-state index is 13.8. The lowest BCUT2D eigenvalue weighted by Gasteiger charge is -2.13. The Kier molecular flexibility index (Phi) is 3.83. The number of rotatable bonds is 3. The highest BCUT2D eigenvalue weighted by atomic mass is 19.1. The van der Waals surface area contributed by atoms with Crippen LogP contribution in [0.1, 0.15) is 17.0 Å². The second-order valence-corrected chi connectivity index (χ2v) is 4.55. The van der Waals surface area contributed by atoms with E-state index in [1.54, 1.807) is 20.9 Å². The fourth-order valence-electron chi connectivity index (χ4n) is 1.86. The van der Waals surface area contributed by atoms with E-state index in [-0.39, 0.29) is 11.3 Å². The molecule has 1 heterocycles. The molecule has 0 atom stereocenters. The molecule has 1 aromatic heterocycles. The van der Waals surface area contributed by atoms with Crippen molar-refractivity contribution < 1.29 is 8.78 Å². The summed E-state index contributed by atoms with van der Waals surface area (Å²) in [5.41, 5.74) is 1.05. The summed E-state index contributed by atoms with van der Waals surface area (Å²) in [5.74, 6) is 0.643. The van der Waals surface area contributed by atoms with Crippen molar-refractivity contribution >= 4 is 17.3 Å². The third kappa shape index (κ3) is 2.68. The monoisotopic (exact) mass is 278 g/mol. The molecule has 2 N–H and O–H groups in total. The number of nitrogens with zero attached hydrogens (tertiary/aromatic N) is 2. The van der Waals surface area contributed by atoms with Crippen LogP contribution >= 0.6 is 0 Å².